The summed E-state index contributed by atoms with van der Waals surface area (Å²) < 4.78 is 5.32. The molecule has 5 nitrogen and oxygen atoms in total. The number of ether oxygens (including phenoxy) is 1. The summed E-state index contributed by atoms with van der Waals surface area (Å²) in [6.45, 7) is 6.59. The average molecular weight is 279 g/mol. The van der Waals surface area contributed by atoms with Crippen LogP contribution in [0.3, 0.4) is 0 Å². The maximum absolute atomic E-state index is 10.4. The molecule has 5 heteroatoms. The van der Waals surface area contributed by atoms with Crippen LogP contribution in [0.5, 0.6) is 5.75 Å². The van der Waals surface area contributed by atoms with E-state index in [1.165, 1.54) is 0 Å². The average Bonchev–Trinajstić information content (AvgIpc) is 2.46. The van der Waals surface area contributed by atoms with Gasteiger partial charge in [-0.1, -0.05) is 11.6 Å². The van der Waals surface area contributed by atoms with Crippen LogP contribution in [0, 0.1) is 6.92 Å². The lowest BCUT2D eigenvalue weighted by molar-refractivity contribution is 0.0736. The molecule has 0 spiro atoms. The Kier molecular flexibility index (Phi) is 5.37. The van der Waals surface area contributed by atoms with Gasteiger partial charge in [-0.15, -0.1) is 0 Å². The van der Waals surface area contributed by atoms with E-state index in [-0.39, 0.29) is 0 Å². The first-order valence-corrected chi connectivity index (χ1v) is 7.09. The summed E-state index contributed by atoms with van der Waals surface area (Å²) in [5.74, 6) is 0.739. The van der Waals surface area contributed by atoms with Crippen molar-refractivity contribution in [2.24, 2.45) is 0 Å². The van der Waals surface area contributed by atoms with Gasteiger partial charge in [0, 0.05) is 38.3 Å². The third kappa shape index (κ3) is 3.93. The Hall–Kier alpha value is -1.14. The lowest BCUT2D eigenvalue weighted by Gasteiger charge is -2.33. The van der Waals surface area contributed by atoms with Crippen molar-refractivity contribution in [2.45, 2.75) is 13.0 Å². The molecule has 112 valence electrons. The van der Waals surface area contributed by atoms with Gasteiger partial charge in [0.2, 0.25) is 0 Å². The summed E-state index contributed by atoms with van der Waals surface area (Å²) in [6.07, 6.45) is -0.565. The number of likely N-dealkylation sites (N-methyl/N-ethyl adjacent to an activating group) is 1. The Morgan fingerprint density at radius 1 is 1.30 bits per heavy atom. The maximum atomic E-state index is 10.4. The second-order valence-electron chi connectivity index (χ2n) is 5.41. The van der Waals surface area contributed by atoms with E-state index < -0.39 is 6.10 Å². The molecule has 1 aromatic carbocycles. The fraction of sp³-hybridized carbons (Fsp3) is 0.600. The van der Waals surface area contributed by atoms with Gasteiger partial charge in [0.25, 0.3) is 0 Å². The molecule has 20 heavy (non-hydrogen) atoms. The lowest BCUT2D eigenvalue weighted by Crippen LogP contribution is -2.51. The summed E-state index contributed by atoms with van der Waals surface area (Å²) in [6, 6.07) is 5.88. The number of nitrogens with zero attached hydrogens (tertiary/aromatic N) is 2. The van der Waals surface area contributed by atoms with Crippen molar-refractivity contribution < 1.29 is 9.84 Å². The standard InChI is InChI=1S/C15H25N3O2/c1-12-4-5-15(20-3)13(10-12)14(19)11-16-18-8-6-17(2)7-9-18/h4-5,10,14,16,19H,6-9,11H2,1-3H3. The molecule has 1 heterocycles. The SMILES string of the molecule is COc1ccc(C)cc1C(O)CNN1CCN(C)CC1. The van der Waals surface area contributed by atoms with E-state index in [9.17, 15) is 5.11 Å². The zero-order valence-corrected chi connectivity index (χ0v) is 12.6. The monoisotopic (exact) mass is 279 g/mol. The number of benzene rings is 1. The van der Waals surface area contributed by atoms with E-state index in [2.05, 4.69) is 22.4 Å². The number of methoxy groups -OCH3 is 1. The molecule has 1 aliphatic heterocycles. The Morgan fingerprint density at radius 3 is 2.65 bits per heavy atom. The molecule has 0 saturated carbocycles. The summed E-state index contributed by atoms with van der Waals surface area (Å²) in [5, 5.41) is 12.5. The van der Waals surface area contributed by atoms with E-state index in [4.69, 9.17) is 4.74 Å². The Bertz CT molecular complexity index is 431. The van der Waals surface area contributed by atoms with Crippen molar-refractivity contribution >= 4 is 0 Å². The molecule has 0 radical (unpaired) electrons. The molecule has 1 aromatic rings. The van der Waals surface area contributed by atoms with Gasteiger partial charge in [-0.2, -0.15) is 0 Å². The lowest BCUT2D eigenvalue weighted by atomic mass is 10.1. The number of nitrogens with one attached hydrogen (secondary N) is 1. The molecule has 0 aliphatic carbocycles. The molecule has 0 bridgehead atoms. The van der Waals surface area contributed by atoms with Gasteiger partial charge in [0.15, 0.2) is 0 Å². The molecule has 2 rings (SSSR count). The fourth-order valence-corrected chi connectivity index (χ4v) is 2.40. The molecule has 0 amide bonds. The van der Waals surface area contributed by atoms with Gasteiger partial charge in [-0.25, -0.2) is 5.01 Å². The first-order valence-electron chi connectivity index (χ1n) is 7.09. The minimum absolute atomic E-state index is 0.503. The predicted octanol–water partition coefficient (Wildman–Crippen LogP) is 0.789. The molecule has 1 saturated heterocycles. The Labute approximate surface area is 121 Å². The summed E-state index contributed by atoms with van der Waals surface area (Å²) >= 11 is 0. The molecular weight excluding hydrogens is 254 g/mol. The van der Waals surface area contributed by atoms with Crippen LogP contribution in [-0.2, 0) is 0 Å². The first-order chi connectivity index (χ1) is 9.60. The van der Waals surface area contributed by atoms with Crippen LogP contribution >= 0.6 is 0 Å². The van der Waals surface area contributed by atoms with Gasteiger partial charge in [0.05, 0.1) is 13.2 Å². The van der Waals surface area contributed by atoms with Crippen LogP contribution in [0.4, 0.5) is 0 Å². The normalized spacial score (nSPS) is 19.0. The largest absolute Gasteiger partial charge is 0.496 e. The smallest absolute Gasteiger partial charge is 0.124 e. The van der Waals surface area contributed by atoms with Crippen molar-refractivity contribution in [3.63, 3.8) is 0 Å². The van der Waals surface area contributed by atoms with E-state index in [0.29, 0.717) is 6.54 Å². The Balaban J connectivity index is 1.91. The van der Waals surface area contributed by atoms with E-state index in [0.717, 1.165) is 43.1 Å². The maximum Gasteiger partial charge on any atom is 0.124 e. The van der Waals surface area contributed by atoms with Gasteiger partial charge in [-0.05, 0) is 26.1 Å². The van der Waals surface area contributed by atoms with E-state index >= 15 is 0 Å². The van der Waals surface area contributed by atoms with Gasteiger partial charge < -0.3 is 14.7 Å². The van der Waals surface area contributed by atoms with Crippen molar-refractivity contribution in [2.75, 3.05) is 46.9 Å². The third-order valence-corrected chi connectivity index (χ3v) is 3.76. The fourth-order valence-electron chi connectivity index (χ4n) is 2.40. The highest BCUT2D eigenvalue weighted by Gasteiger charge is 2.17. The third-order valence-electron chi connectivity index (χ3n) is 3.76. The molecular formula is C15H25N3O2. The number of rotatable bonds is 5. The molecule has 1 atom stereocenters. The second kappa shape index (κ2) is 7.04. The topological polar surface area (TPSA) is 48.0 Å². The van der Waals surface area contributed by atoms with E-state index in [1.807, 2.05) is 25.1 Å². The number of piperazine rings is 1. The van der Waals surface area contributed by atoms with Crippen LogP contribution in [0.1, 0.15) is 17.2 Å². The van der Waals surface area contributed by atoms with Crippen molar-refractivity contribution in [1.82, 2.24) is 15.3 Å². The minimum atomic E-state index is -0.565. The van der Waals surface area contributed by atoms with Gasteiger partial charge in [0.1, 0.15) is 5.75 Å². The van der Waals surface area contributed by atoms with Crippen molar-refractivity contribution in [1.29, 1.82) is 0 Å². The number of hydrogen-bond acceptors (Lipinski definition) is 5. The highest BCUT2D eigenvalue weighted by Crippen LogP contribution is 2.25. The summed E-state index contributed by atoms with van der Waals surface area (Å²) in [4.78, 5) is 2.30. The van der Waals surface area contributed by atoms with Crippen LogP contribution < -0.4 is 10.2 Å². The Morgan fingerprint density at radius 2 is 2.00 bits per heavy atom. The number of aryl methyl sites for hydroxylation is 1. The van der Waals surface area contributed by atoms with E-state index in [1.54, 1.807) is 7.11 Å². The summed E-state index contributed by atoms with van der Waals surface area (Å²) in [5.41, 5.74) is 5.28. The van der Waals surface area contributed by atoms with Gasteiger partial charge >= 0.3 is 0 Å². The minimum Gasteiger partial charge on any atom is -0.496 e. The van der Waals surface area contributed by atoms with Crippen LogP contribution in [-0.4, -0.2) is 61.9 Å². The number of hydrazine groups is 1. The number of hydrogen-bond donors (Lipinski definition) is 2. The molecule has 1 fully saturated rings. The second-order valence-corrected chi connectivity index (χ2v) is 5.41. The van der Waals surface area contributed by atoms with Crippen molar-refractivity contribution in [3.05, 3.63) is 29.3 Å². The van der Waals surface area contributed by atoms with Crippen LogP contribution in [0.15, 0.2) is 18.2 Å². The quantitative estimate of drug-likeness (QED) is 0.834. The first kappa shape index (κ1) is 15.3. The van der Waals surface area contributed by atoms with Crippen LogP contribution in [0.25, 0.3) is 0 Å². The van der Waals surface area contributed by atoms with Gasteiger partial charge in [-0.3, -0.25) is 5.43 Å². The van der Waals surface area contributed by atoms with Crippen molar-refractivity contribution in [3.8, 4) is 5.75 Å². The highest BCUT2D eigenvalue weighted by molar-refractivity contribution is 5.38. The predicted molar refractivity (Wildman–Crippen MR) is 79.8 cm³/mol. The molecule has 1 aliphatic rings. The number of aliphatic hydroxyl groups excluding tert-OH is 1. The molecule has 1 unspecified atom stereocenters. The zero-order valence-electron chi connectivity index (χ0n) is 12.6. The molecule has 2 N–H and O–H groups in total. The van der Waals surface area contributed by atoms with Crippen LogP contribution in [0.2, 0.25) is 0 Å². The summed E-state index contributed by atoms with van der Waals surface area (Å²) in [7, 11) is 3.76. The highest BCUT2D eigenvalue weighted by atomic mass is 16.5. The molecule has 0 aromatic heterocycles. The zero-order chi connectivity index (χ0) is 14.5. The number of aliphatic hydroxyl groups is 1.